The summed E-state index contributed by atoms with van der Waals surface area (Å²) < 4.78 is 5.38. The summed E-state index contributed by atoms with van der Waals surface area (Å²) in [6, 6.07) is 0.187. The number of nitrogens with zero attached hydrogens (tertiary/aromatic N) is 2. The summed E-state index contributed by atoms with van der Waals surface area (Å²) in [6.45, 7) is 0. The van der Waals surface area contributed by atoms with Gasteiger partial charge < -0.3 is 10.3 Å². The molecule has 1 unspecified atom stereocenters. The van der Waals surface area contributed by atoms with E-state index < -0.39 is 0 Å². The monoisotopic (exact) mass is 309 g/mol. The first-order valence-electron chi connectivity index (χ1n) is 8.50. The lowest BCUT2D eigenvalue weighted by Crippen LogP contribution is -2.30. The van der Waals surface area contributed by atoms with Crippen LogP contribution in [0.15, 0.2) is 4.52 Å². The molecule has 1 heterocycles. The summed E-state index contributed by atoms with van der Waals surface area (Å²) in [6.07, 6.45) is 12.8. The molecule has 4 nitrogen and oxygen atoms in total. The van der Waals surface area contributed by atoms with Crippen molar-refractivity contribution in [1.29, 1.82) is 0 Å². The zero-order valence-corrected chi connectivity index (χ0v) is 13.6. The van der Waals surface area contributed by atoms with Crippen molar-refractivity contribution in [2.24, 2.45) is 11.7 Å². The number of nitrogens with two attached hydrogens (primary N) is 1. The average molecular weight is 309 g/mol. The summed E-state index contributed by atoms with van der Waals surface area (Å²) >= 11 is 1.99. The molecule has 0 spiro atoms. The fourth-order valence-electron chi connectivity index (χ4n) is 3.61. The standard InChI is InChI=1S/C16H27N3OS/c17-14(12-6-4-5-7-12)10-16-18-15(19-20-16)11-21-13-8-2-1-3-9-13/h12-14H,1-11,17H2. The van der Waals surface area contributed by atoms with E-state index in [1.807, 2.05) is 11.8 Å². The Morgan fingerprint density at radius 2 is 1.81 bits per heavy atom. The second-order valence-corrected chi connectivity index (χ2v) is 7.88. The number of hydrogen-bond acceptors (Lipinski definition) is 5. The number of thioether (sulfide) groups is 1. The largest absolute Gasteiger partial charge is 0.339 e. The van der Waals surface area contributed by atoms with Gasteiger partial charge >= 0.3 is 0 Å². The predicted molar refractivity (Wildman–Crippen MR) is 86.1 cm³/mol. The predicted octanol–water partition coefficient (Wildman–Crippen LogP) is 3.70. The molecule has 2 aliphatic rings. The van der Waals surface area contributed by atoms with Crippen molar-refractivity contribution in [2.45, 2.75) is 81.3 Å². The highest BCUT2D eigenvalue weighted by Crippen LogP contribution is 2.30. The molecule has 2 fully saturated rings. The Balaban J connectivity index is 1.44. The highest BCUT2D eigenvalue weighted by atomic mass is 32.2. The van der Waals surface area contributed by atoms with E-state index in [9.17, 15) is 0 Å². The van der Waals surface area contributed by atoms with Crippen LogP contribution in [0.25, 0.3) is 0 Å². The van der Waals surface area contributed by atoms with Crippen LogP contribution in [-0.4, -0.2) is 21.4 Å². The van der Waals surface area contributed by atoms with Crippen LogP contribution in [0.3, 0.4) is 0 Å². The Morgan fingerprint density at radius 1 is 1.10 bits per heavy atom. The van der Waals surface area contributed by atoms with E-state index in [1.165, 1.54) is 57.8 Å². The molecule has 0 bridgehead atoms. The zero-order chi connectivity index (χ0) is 14.5. The maximum absolute atomic E-state index is 6.28. The molecule has 21 heavy (non-hydrogen) atoms. The maximum Gasteiger partial charge on any atom is 0.228 e. The minimum absolute atomic E-state index is 0.187. The summed E-state index contributed by atoms with van der Waals surface area (Å²) in [7, 11) is 0. The minimum Gasteiger partial charge on any atom is -0.339 e. The van der Waals surface area contributed by atoms with Gasteiger partial charge in [-0.25, -0.2) is 0 Å². The van der Waals surface area contributed by atoms with E-state index >= 15 is 0 Å². The Kier molecular flexibility index (Phi) is 5.58. The highest BCUT2D eigenvalue weighted by Gasteiger charge is 2.24. The van der Waals surface area contributed by atoms with Crippen molar-refractivity contribution in [2.75, 3.05) is 0 Å². The molecule has 5 heteroatoms. The molecule has 0 aliphatic heterocycles. The minimum atomic E-state index is 0.187. The molecule has 2 aliphatic carbocycles. The van der Waals surface area contributed by atoms with Gasteiger partial charge in [-0.2, -0.15) is 16.7 Å². The molecule has 3 rings (SSSR count). The van der Waals surface area contributed by atoms with Crippen molar-refractivity contribution in [3.8, 4) is 0 Å². The lowest BCUT2D eigenvalue weighted by molar-refractivity contribution is 0.339. The average Bonchev–Trinajstić information content (AvgIpc) is 3.18. The van der Waals surface area contributed by atoms with Gasteiger partial charge in [0, 0.05) is 17.7 Å². The molecule has 2 saturated carbocycles. The van der Waals surface area contributed by atoms with Crippen LogP contribution in [0.1, 0.15) is 69.5 Å². The van der Waals surface area contributed by atoms with Crippen molar-refractivity contribution in [3.63, 3.8) is 0 Å². The van der Waals surface area contributed by atoms with Gasteiger partial charge in [-0.05, 0) is 31.6 Å². The van der Waals surface area contributed by atoms with Gasteiger partial charge in [-0.15, -0.1) is 0 Å². The van der Waals surface area contributed by atoms with E-state index in [1.54, 1.807) is 0 Å². The summed E-state index contributed by atoms with van der Waals surface area (Å²) in [5.74, 6) is 3.11. The van der Waals surface area contributed by atoms with E-state index in [0.717, 1.165) is 29.1 Å². The SMILES string of the molecule is NC(Cc1nc(CSC2CCCCC2)no1)C1CCCC1. The van der Waals surface area contributed by atoms with Gasteiger partial charge in [0.1, 0.15) is 0 Å². The van der Waals surface area contributed by atoms with Gasteiger partial charge in [0.05, 0.1) is 5.75 Å². The van der Waals surface area contributed by atoms with Crippen LogP contribution in [0.2, 0.25) is 0 Å². The first-order chi connectivity index (χ1) is 10.3. The maximum atomic E-state index is 6.28. The Morgan fingerprint density at radius 3 is 2.57 bits per heavy atom. The van der Waals surface area contributed by atoms with Crippen molar-refractivity contribution in [3.05, 3.63) is 11.7 Å². The third-order valence-corrected chi connectivity index (χ3v) is 6.29. The molecule has 0 aromatic carbocycles. The van der Waals surface area contributed by atoms with Crippen LogP contribution in [-0.2, 0) is 12.2 Å². The van der Waals surface area contributed by atoms with Crippen LogP contribution in [0.5, 0.6) is 0 Å². The number of hydrogen-bond donors (Lipinski definition) is 1. The lowest BCUT2D eigenvalue weighted by atomic mass is 9.96. The third-order valence-electron chi connectivity index (χ3n) is 4.93. The van der Waals surface area contributed by atoms with Crippen LogP contribution in [0, 0.1) is 5.92 Å². The van der Waals surface area contributed by atoms with Crippen LogP contribution in [0.4, 0.5) is 0 Å². The van der Waals surface area contributed by atoms with E-state index in [4.69, 9.17) is 10.3 Å². The fourth-order valence-corrected chi connectivity index (χ4v) is 4.78. The second-order valence-electron chi connectivity index (χ2n) is 6.59. The summed E-state index contributed by atoms with van der Waals surface area (Å²) in [5.41, 5.74) is 6.28. The van der Waals surface area contributed by atoms with Gasteiger partial charge in [0.15, 0.2) is 5.82 Å². The lowest BCUT2D eigenvalue weighted by Gasteiger charge is -2.20. The molecule has 2 N–H and O–H groups in total. The topological polar surface area (TPSA) is 64.9 Å². The van der Waals surface area contributed by atoms with Gasteiger partial charge in [0.25, 0.3) is 0 Å². The number of aromatic nitrogens is 2. The molecular weight excluding hydrogens is 282 g/mol. The van der Waals surface area contributed by atoms with Crippen LogP contribution >= 0.6 is 11.8 Å². The van der Waals surface area contributed by atoms with Crippen molar-refractivity contribution in [1.82, 2.24) is 10.1 Å². The smallest absolute Gasteiger partial charge is 0.228 e. The van der Waals surface area contributed by atoms with E-state index in [-0.39, 0.29) is 6.04 Å². The third kappa shape index (κ3) is 4.46. The second kappa shape index (κ2) is 7.63. The fraction of sp³-hybridized carbons (Fsp3) is 0.875. The Bertz CT molecular complexity index is 425. The molecule has 1 aromatic rings. The highest BCUT2D eigenvalue weighted by molar-refractivity contribution is 7.99. The summed E-state index contributed by atoms with van der Waals surface area (Å²) in [4.78, 5) is 4.53. The first-order valence-corrected chi connectivity index (χ1v) is 9.55. The van der Waals surface area contributed by atoms with Crippen LogP contribution < -0.4 is 5.73 Å². The number of rotatable bonds is 6. The molecule has 118 valence electrons. The molecule has 0 amide bonds. The normalized spacial score (nSPS) is 22.7. The Labute approximate surface area is 131 Å². The molecule has 0 saturated heterocycles. The Hall–Kier alpha value is -0.550. The molecule has 0 radical (unpaired) electrons. The van der Waals surface area contributed by atoms with E-state index in [0.29, 0.717) is 5.92 Å². The summed E-state index contributed by atoms with van der Waals surface area (Å²) in [5, 5.41) is 4.91. The first kappa shape index (κ1) is 15.3. The van der Waals surface area contributed by atoms with Crippen molar-refractivity contribution < 1.29 is 4.52 Å². The molecule has 1 aromatic heterocycles. The van der Waals surface area contributed by atoms with Gasteiger partial charge in [-0.1, -0.05) is 37.3 Å². The zero-order valence-electron chi connectivity index (χ0n) is 12.8. The van der Waals surface area contributed by atoms with Gasteiger partial charge in [0.2, 0.25) is 5.89 Å². The molecule has 1 atom stereocenters. The van der Waals surface area contributed by atoms with Crippen molar-refractivity contribution >= 4 is 11.8 Å². The quantitative estimate of drug-likeness (QED) is 0.868. The van der Waals surface area contributed by atoms with Gasteiger partial charge in [-0.3, -0.25) is 0 Å². The molecular formula is C16H27N3OS. The van der Waals surface area contributed by atoms with E-state index in [2.05, 4.69) is 10.1 Å².